The standard InChI is InChI=1S/C28H18ClFN4O3S/c1-14-21(25(35)32-18-5-3-2-4-6-18)23(15-7-10-17(30)11-8-15)34-27(37)24(38-28(34)31-14)22-19-13-16(29)9-12-20(19)33-26(22)36/h2-13,23H,1H3,(H,32,35)(H,33,36)/b24-22-/t23-/m0/s1. The zero-order valence-corrected chi connectivity index (χ0v) is 21.4. The third kappa shape index (κ3) is 3.96. The van der Waals surface area contributed by atoms with Gasteiger partial charge in [0, 0.05) is 22.0 Å². The van der Waals surface area contributed by atoms with Crippen molar-refractivity contribution in [3.8, 4) is 0 Å². The third-order valence-electron chi connectivity index (χ3n) is 6.41. The van der Waals surface area contributed by atoms with Crippen molar-refractivity contribution in [3.05, 3.63) is 126 Å². The second-order valence-electron chi connectivity index (χ2n) is 8.79. The van der Waals surface area contributed by atoms with E-state index in [0.29, 0.717) is 38.0 Å². The number of carbonyl (C=O) groups excluding carboxylic acids is 2. The molecule has 0 aliphatic carbocycles. The van der Waals surface area contributed by atoms with Gasteiger partial charge in [0.15, 0.2) is 4.80 Å². The van der Waals surface area contributed by atoms with Gasteiger partial charge in [0.25, 0.3) is 17.4 Å². The summed E-state index contributed by atoms with van der Waals surface area (Å²) in [6.45, 7) is 1.69. The van der Waals surface area contributed by atoms with Crippen molar-refractivity contribution in [1.29, 1.82) is 0 Å². The van der Waals surface area contributed by atoms with Crippen LogP contribution in [-0.2, 0) is 9.59 Å². The largest absolute Gasteiger partial charge is 0.322 e. The minimum atomic E-state index is -0.895. The number of para-hydroxylation sites is 1. The average Bonchev–Trinajstić information content (AvgIpc) is 3.38. The van der Waals surface area contributed by atoms with Crippen LogP contribution in [0.5, 0.6) is 0 Å². The van der Waals surface area contributed by atoms with Crippen molar-refractivity contribution in [1.82, 2.24) is 4.57 Å². The number of fused-ring (bicyclic) bond motifs is 2. The Morgan fingerprint density at radius 2 is 1.82 bits per heavy atom. The van der Waals surface area contributed by atoms with Crippen molar-refractivity contribution in [2.75, 3.05) is 10.6 Å². The highest BCUT2D eigenvalue weighted by Crippen LogP contribution is 2.33. The average molecular weight is 545 g/mol. The van der Waals surface area contributed by atoms with Gasteiger partial charge in [-0.3, -0.25) is 19.0 Å². The number of carbonyl (C=O) groups is 2. The topological polar surface area (TPSA) is 92.6 Å². The predicted octanol–water partition coefficient (Wildman–Crippen LogP) is 3.99. The number of allylic oxidation sites excluding steroid dienone is 1. The van der Waals surface area contributed by atoms with Crippen molar-refractivity contribution in [3.63, 3.8) is 0 Å². The number of thiazole rings is 1. The first-order valence-corrected chi connectivity index (χ1v) is 12.8. The van der Waals surface area contributed by atoms with Crippen LogP contribution in [0.3, 0.4) is 0 Å². The maximum absolute atomic E-state index is 14.0. The zero-order chi connectivity index (χ0) is 26.6. The molecule has 0 fully saturated rings. The van der Waals surface area contributed by atoms with Crippen LogP contribution < -0.4 is 25.5 Å². The lowest BCUT2D eigenvalue weighted by Gasteiger charge is -2.25. The number of benzene rings is 3. The molecule has 0 bridgehead atoms. The summed E-state index contributed by atoms with van der Waals surface area (Å²) in [6.07, 6.45) is 0. The monoisotopic (exact) mass is 544 g/mol. The van der Waals surface area contributed by atoms with Gasteiger partial charge in [0.05, 0.1) is 22.9 Å². The number of nitrogens with zero attached hydrogens (tertiary/aromatic N) is 2. The molecule has 6 rings (SSSR count). The van der Waals surface area contributed by atoms with Gasteiger partial charge < -0.3 is 10.6 Å². The summed E-state index contributed by atoms with van der Waals surface area (Å²) in [7, 11) is 0. The van der Waals surface area contributed by atoms with Gasteiger partial charge in [-0.25, -0.2) is 9.38 Å². The van der Waals surface area contributed by atoms with Gasteiger partial charge in [-0.05, 0) is 55.0 Å². The van der Waals surface area contributed by atoms with E-state index < -0.39 is 29.2 Å². The summed E-state index contributed by atoms with van der Waals surface area (Å²) in [5, 5.41) is 6.06. The van der Waals surface area contributed by atoms with Crippen molar-refractivity contribution < 1.29 is 14.0 Å². The molecule has 10 heteroatoms. The third-order valence-corrected chi connectivity index (χ3v) is 7.70. The molecule has 4 aromatic rings. The van der Waals surface area contributed by atoms with E-state index in [4.69, 9.17) is 11.6 Å². The molecule has 3 heterocycles. The van der Waals surface area contributed by atoms with Gasteiger partial charge in [0.1, 0.15) is 10.3 Å². The normalized spacial score (nSPS) is 17.4. The Balaban J connectivity index is 1.59. The number of hydrogen-bond donors (Lipinski definition) is 2. The maximum Gasteiger partial charge on any atom is 0.271 e. The molecule has 0 radical (unpaired) electrons. The summed E-state index contributed by atoms with van der Waals surface area (Å²) in [5.41, 5.74) is 2.52. The van der Waals surface area contributed by atoms with Crippen molar-refractivity contribution >= 4 is 51.7 Å². The predicted molar refractivity (Wildman–Crippen MR) is 144 cm³/mol. The lowest BCUT2D eigenvalue weighted by atomic mass is 9.95. The van der Waals surface area contributed by atoms with Gasteiger partial charge in [-0.15, -0.1) is 0 Å². The van der Waals surface area contributed by atoms with Crippen LogP contribution >= 0.6 is 22.9 Å². The molecule has 7 nitrogen and oxygen atoms in total. The van der Waals surface area contributed by atoms with E-state index >= 15 is 0 Å². The summed E-state index contributed by atoms with van der Waals surface area (Å²) in [6, 6.07) is 18.6. The summed E-state index contributed by atoms with van der Waals surface area (Å²) >= 11 is 7.25. The van der Waals surface area contributed by atoms with Gasteiger partial charge in [0.2, 0.25) is 0 Å². The zero-order valence-electron chi connectivity index (χ0n) is 19.8. The first-order chi connectivity index (χ1) is 18.3. The van der Waals surface area contributed by atoms with Crippen LogP contribution in [-0.4, -0.2) is 16.4 Å². The lowest BCUT2D eigenvalue weighted by Crippen LogP contribution is -2.41. The Kier molecular flexibility index (Phi) is 5.81. The van der Waals surface area contributed by atoms with Gasteiger partial charge in [-0.1, -0.05) is 53.3 Å². The maximum atomic E-state index is 14.0. The Hall–Kier alpha value is -4.34. The van der Waals surface area contributed by atoms with E-state index in [1.54, 1.807) is 49.4 Å². The fourth-order valence-corrected chi connectivity index (χ4v) is 6.02. The van der Waals surface area contributed by atoms with E-state index in [1.807, 2.05) is 6.07 Å². The van der Waals surface area contributed by atoms with E-state index in [9.17, 15) is 18.8 Å². The first-order valence-electron chi connectivity index (χ1n) is 11.6. The molecule has 0 spiro atoms. The lowest BCUT2D eigenvalue weighted by molar-refractivity contribution is -0.113. The fourth-order valence-electron chi connectivity index (χ4n) is 4.71. The molecule has 2 N–H and O–H groups in total. The van der Waals surface area contributed by atoms with Crippen LogP contribution in [0.25, 0.3) is 5.57 Å². The SMILES string of the molecule is CC1=C(C(=O)Nc2ccccc2)[C@H](c2ccc(F)cc2)n2c(s/c(=C3\C(=O)Nc4ccc(Cl)cc43)c2=O)=N1. The van der Waals surface area contributed by atoms with Crippen LogP contribution in [0, 0.1) is 5.82 Å². The number of hydrogen-bond acceptors (Lipinski definition) is 5. The highest BCUT2D eigenvalue weighted by atomic mass is 35.5. The van der Waals surface area contributed by atoms with Gasteiger partial charge >= 0.3 is 0 Å². The number of halogens is 2. The molecule has 1 aromatic heterocycles. The van der Waals surface area contributed by atoms with Crippen LogP contribution in [0.4, 0.5) is 15.8 Å². The minimum Gasteiger partial charge on any atom is -0.322 e. The molecule has 0 saturated heterocycles. The second-order valence-corrected chi connectivity index (χ2v) is 10.2. The fraction of sp³-hybridized carbons (Fsp3) is 0.0714. The number of aromatic nitrogens is 1. The number of rotatable bonds is 3. The van der Waals surface area contributed by atoms with E-state index in [0.717, 1.165) is 11.3 Å². The van der Waals surface area contributed by atoms with Crippen LogP contribution in [0.2, 0.25) is 5.02 Å². The van der Waals surface area contributed by atoms with Crippen molar-refractivity contribution in [2.24, 2.45) is 4.99 Å². The molecule has 2 amide bonds. The molecule has 0 saturated carbocycles. The molecular formula is C28H18ClFN4O3S. The van der Waals surface area contributed by atoms with E-state index in [-0.39, 0.29) is 15.7 Å². The number of nitrogens with one attached hydrogen (secondary N) is 2. The molecule has 3 aromatic carbocycles. The quantitative estimate of drug-likeness (QED) is 0.408. The van der Waals surface area contributed by atoms with Gasteiger partial charge in [-0.2, -0.15) is 0 Å². The Morgan fingerprint density at radius 3 is 2.55 bits per heavy atom. The molecule has 2 aliphatic rings. The Labute approximate surface area is 224 Å². The number of anilines is 2. The molecular weight excluding hydrogens is 527 g/mol. The summed E-state index contributed by atoms with van der Waals surface area (Å²) in [4.78, 5) is 45.4. The Bertz CT molecular complexity index is 1860. The molecule has 2 aliphatic heterocycles. The van der Waals surface area contributed by atoms with Crippen molar-refractivity contribution in [2.45, 2.75) is 13.0 Å². The van der Waals surface area contributed by atoms with E-state index in [1.165, 1.54) is 28.8 Å². The first kappa shape index (κ1) is 24.0. The smallest absolute Gasteiger partial charge is 0.271 e. The molecule has 0 unspecified atom stereocenters. The molecule has 38 heavy (non-hydrogen) atoms. The minimum absolute atomic E-state index is 0.173. The highest BCUT2D eigenvalue weighted by Gasteiger charge is 2.34. The highest BCUT2D eigenvalue weighted by molar-refractivity contribution is 7.07. The molecule has 188 valence electrons. The second kappa shape index (κ2) is 9.20. The number of amides is 2. The molecule has 1 atom stereocenters. The van der Waals surface area contributed by atoms with E-state index in [2.05, 4.69) is 15.6 Å². The summed E-state index contributed by atoms with van der Waals surface area (Å²) in [5.74, 6) is -1.32. The Morgan fingerprint density at radius 1 is 1.08 bits per heavy atom. The van der Waals surface area contributed by atoms with Crippen LogP contribution in [0.15, 0.2) is 93.9 Å². The summed E-state index contributed by atoms with van der Waals surface area (Å²) < 4.78 is 15.4. The van der Waals surface area contributed by atoms with Crippen LogP contribution in [0.1, 0.15) is 24.1 Å².